The fraction of sp³-hybridized carbons (Fsp3) is 0.393. The minimum Gasteiger partial charge on any atom is -0.465 e. The van der Waals surface area contributed by atoms with Crippen molar-refractivity contribution in [1.29, 1.82) is 0 Å². The Kier molecular flexibility index (Phi) is 8.47. The van der Waals surface area contributed by atoms with E-state index in [2.05, 4.69) is 15.9 Å². The van der Waals surface area contributed by atoms with Crippen molar-refractivity contribution in [3.8, 4) is 0 Å². The average molecular weight is 609 g/mol. The van der Waals surface area contributed by atoms with E-state index in [1.165, 1.54) is 12.1 Å². The molecular formula is C28H28BrClFNO6. The molecule has 1 atom stereocenters. The van der Waals surface area contributed by atoms with Crippen molar-refractivity contribution in [3.05, 3.63) is 68.5 Å². The monoisotopic (exact) mass is 607 g/mol. The third-order valence-corrected chi connectivity index (χ3v) is 7.66. The first-order chi connectivity index (χ1) is 18.2. The summed E-state index contributed by atoms with van der Waals surface area (Å²) in [5.41, 5.74) is 0.494. The molecule has 202 valence electrons. The number of fused-ring (bicyclic) bond motifs is 3. The molecule has 1 heterocycles. The maximum Gasteiger partial charge on any atom is 0.335 e. The first-order valence-corrected chi connectivity index (χ1v) is 13.6. The van der Waals surface area contributed by atoms with Crippen LogP contribution in [0.3, 0.4) is 0 Å². The molecule has 3 aromatic rings. The first kappa shape index (κ1) is 28.1. The van der Waals surface area contributed by atoms with Crippen LogP contribution in [0, 0.1) is 11.2 Å². The smallest absolute Gasteiger partial charge is 0.335 e. The van der Waals surface area contributed by atoms with Gasteiger partial charge in [-0.25, -0.2) is 4.39 Å². The lowest BCUT2D eigenvalue weighted by molar-refractivity contribution is -0.186. The largest absolute Gasteiger partial charge is 0.465 e. The van der Waals surface area contributed by atoms with Gasteiger partial charge in [0.1, 0.15) is 5.82 Å². The minimum atomic E-state index is -2.38. The topological polar surface area (TPSA) is 83.8 Å². The van der Waals surface area contributed by atoms with Crippen LogP contribution in [0.25, 0.3) is 10.9 Å². The number of aromatic nitrogens is 1. The highest BCUT2D eigenvalue weighted by molar-refractivity contribution is 9.10. The van der Waals surface area contributed by atoms with Crippen LogP contribution >= 0.6 is 27.5 Å². The number of halogens is 3. The number of carbonyl (C=O) groups is 3. The molecule has 0 amide bonds. The molecule has 4 rings (SSSR count). The third kappa shape index (κ3) is 4.71. The number of rotatable bonds is 9. The maximum absolute atomic E-state index is 14.6. The van der Waals surface area contributed by atoms with Gasteiger partial charge < -0.3 is 18.8 Å². The summed E-state index contributed by atoms with van der Waals surface area (Å²) in [6, 6.07) is 10.0. The summed E-state index contributed by atoms with van der Waals surface area (Å²) in [6.07, 6.45) is 0.659. The number of hydrogen-bond acceptors (Lipinski definition) is 6. The lowest BCUT2D eigenvalue weighted by Gasteiger charge is -2.33. The van der Waals surface area contributed by atoms with Gasteiger partial charge in [0.2, 0.25) is 0 Å². The van der Waals surface area contributed by atoms with Gasteiger partial charge in [0, 0.05) is 33.0 Å². The fourth-order valence-electron chi connectivity index (χ4n) is 5.35. The van der Waals surface area contributed by atoms with Crippen LogP contribution in [-0.2, 0) is 41.6 Å². The number of nitrogens with zero attached hydrogens (tertiary/aromatic N) is 1. The standard InChI is InChI=1S/C28H28BrClFNO6/c1-4-36-25(33)28(26(34)37-5-2,27(35)38-6-3)21-12-11-19-20-13-18(31)14-22(29)24(20)32(23(19)21)15-16-7-9-17(30)10-8-16/h7-10,13-14,21H,4-6,11-12,15H2,1-3H3. The van der Waals surface area contributed by atoms with Gasteiger partial charge in [-0.1, -0.05) is 23.7 Å². The van der Waals surface area contributed by atoms with Gasteiger partial charge in [-0.2, -0.15) is 0 Å². The Balaban J connectivity index is 2.03. The van der Waals surface area contributed by atoms with Gasteiger partial charge >= 0.3 is 17.9 Å². The van der Waals surface area contributed by atoms with Gasteiger partial charge in [-0.05, 0) is 84.9 Å². The summed E-state index contributed by atoms with van der Waals surface area (Å²) >= 11 is 9.59. The van der Waals surface area contributed by atoms with Crippen LogP contribution < -0.4 is 0 Å². The summed E-state index contributed by atoms with van der Waals surface area (Å²) in [4.78, 5) is 40.9. The summed E-state index contributed by atoms with van der Waals surface area (Å²) in [5, 5.41) is 1.21. The van der Waals surface area contributed by atoms with Crippen LogP contribution in [0.5, 0.6) is 0 Å². The van der Waals surface area contributed by atoms with Crippen molar-refractivity contribution < 1.29 is 33.0 Å². The molecule has 7 nitrogen and oxygen atoms in total. The van der Waals surface area contributed by atoms with Gasteiger partial charge in [0.15, 0.2) is 0 Å². The summed E-state index contributed by atoms with van der Waals surface area (Å²) in [6.45, 7) is 4.94. The molecule has 0 N–H and O–H groups in total. The minimum absolute atomic E-state index is 0.0521. The van der Waals surface area contributed by atoms with E-state index in [1.54, 1.807) is 32.9 Å². The highest BCUT2D eigenvalue weighted by atomic mass is 79.9. The van der Waals surface area contributed by atoms with Crippen molar-refractivity contribution in [2.45, 2.75) is 46.1 Å². The van der Waals surface area contributed by atoms with E-state index in [1.807, 2.05) is 16.7 Å². The Morgan fingerprint density at radius 3 is 2.08 bits per heavy atom. The Bertz CT molecular complexity index is 1340. The summed E-state index contributed by atoms with van der Waals surface area (Å²) < 4.78 is 33.0. The predicted molar refractivity (Wildman–Crippen MR) is 144 cm³/mol. The maximum atomic E-state index is 14.6. The van der Waals surface area contributed by atoms with Crippen LogP contribution in [-0.4, -0.2) is 42.3 Å². The molecule has 0 bridgehead atoms. The normalized spacial score (nSPS) is 14.8. The molecule has 0 aliphatic heterocycles. The number of ether oxygens (including phenoxy) is 3. The van der Waals surface area contributed by atoms with Crippen molar-refractivity contribution in [2.24, 2.45) is 5.41 Å². The number of aryl methyl sites for hydroxylation is 1. The molecule has 0 radical (unpaired) electrons. The van der Waals surface area contributed by atoms with Crippen LogP contribution in [0.1, 0.15) is 49.9 Å². The van der Waals surface area contributed by atoms with Crippen molar-refractivity contribution in [3.63, 3.8) is 0 Å². The lowest BCUT2D eigenvalue weighted by Crippen LogP contribution is -2.53. The van der Waals surface area contributed by atoms with Gasteiger partial charge in [-0.3, -0.25) is 14.4 Å². The molecule has 0 saturated heterocycles. The van der Waals surface area contributed by atoms with Gasteiger partial charge in [0.25, 0.3) is 5.41 Å². The Morgan fingerprint density at radius 2 is 1.55 bits per heavy atom. The zero-order valence-corrected chi connectivity index (χ0v) is 23.7. The predicted octanol–water partition coefficient (Wildman–Crippen LogP) is 5.95. The number of esters is 3. The van der Waals surface area contributed by atoms with E-state index >= 15 is 0 Å². The summed E-state index contributed by atoms with van der Waals surface area (Å²) in [5.74, 6) is -4.48. The zero-order chi connectivity index (χ0) is 27.6. The Labute approximate surface area is 233 Å². The van der Waals surface area contributed by atoms with E-state index in [-0.39, 0.29) is 26.2 Å². The molecule has 0 spiro atoms. The Hall–Kier alpha value is -2.91. The second kappa shape index (κ2) is 11.5. The molecular weight excluding hydrogens is 581 g/mol. The molecule has 0 saturated carbocycles. The second-order valence-electron chi connectivity index (χ2n) is 8.92. The van der Waals surface area contributed by atoms with E-state index in [0.29, 0.717) is 39.1 Å². The summed E-state index contributed by atoms with van der Waals surface area (Å²) in [7, 11) is 0. The number of hydrogen-bond donors (Lipinski definition) is 0. The number of benzene rings is 2. The third-order valence-electron chi connectivity index (χ3n) is 6.81. The van der Waals surface area contributed by atoms with Crippen LogP contribution in [0.2, 0.25) is 5.02 Å². The highest BCUT2D eigenvalue weighted by Gasteiger charge is 2.65. The van der Waals surface area contributed by atoms with Gasteiger partial charge in [0.05, 0.1) is 25.3 Å². The Morgan fingerprint density at radius 1 is 1.00 bits per heavy atom. The molecule has 1 aromatic heterocycles. The molecule has 10 heteroatoms. The van der Waals surface area contributed by atoms with Gasteiger partial charge in [-0.15, -0.1) is 0 Å². The van der Waals surface area contributed by atoms with E-state index < -0.39 is 35.1 Å². The van der Waals surface area contributed by atoms with Crippen molar-refractivity contribution in [2.75, 3.05) is 19.8 Å². The van der Waals surface area contributed by atoms with E-state index in [4.69, 9.17) is 25.8 Å². The molecule has 1 unspecified atom stereocenters. The quantitative estimate of drug-likeness (QED) is 0.170. The number of carbonyl (C=O) groups excluding carboxylic acids is 3. The van der Waals surface area contributed by atoms with Crippen molar-refractivity contribution >= 4 is 56.3 Å². The van der Waals surface area contributed by atoms with Crippen molar-refractivity contribution in [1.82, 2.24) is 4.57 Å². The average Bonchev–Trinajstić information content (AvgIpc) is 3.42. The fourth-order valence-corrected chi connectivity index (χ4v) is 6.12. The van der Waals surface area contributed by atoms with Crippen LogP contribution in [0.4, 0.5) is 4.39 Å². The molecule has 1 aliphatic rings. The van der Waals surface area contributed by atoms with E-state index in [0.717, 1.165) is 11.1 Å². The van der Waals surface area contributed by atoms with Crippen LogP contribution in [0.15, 0.2) is 40.9 Å². The molecule has 2 aromatic carbocycles. The SMILES string of the molecule is CCOC(=O)C(C(=O)OCC)(C(=O)OCC)C1CCc2c1n(Cc1ccc(Cl)cc1)c1c(Br)cc(F)cc21. The first-order valence-electron chi connectivity index (χ1n) is 12.5. The molecule has 38 heavy (non-hydrogen) atoms. The molecule has 1 aliphatic carbocycles. The second-order valence-corrected chi connectivity index (χ2v) is 10.2. The van der Waals surface area contributed by atoms with E-state index in [9.17, 15) is 18.8 Å². The zero-order valence-electron chi connectivity index (χ0n) is 21.3. The lowest BCUT2D eigenvalue weighted by atomic mass is 9.73. The highest BCUT2D eigenvalue weighted by Crippen LogP contribution is 2.52. The molecule has 0 fully saturated rings.